The lowest BCUT2D eigenvalue weighted by atomic mass is 10.0. The molecule has 2 amide bonds. The molecular weight excluding hydrogens is 902 g/mol. The lowest BCUT2D eigenvalue weighted by Gasteiger charge is -2.35. The van der Waals surface area contributed by atoms with Crippen molar-refractivity contribution in [1.29, 1.82) is 0 Å². The molecule has 20 heteroatoms. The number of ether oxygens (including phenoxy) is 2. The molecule has 7 heterocycles. The van der Waals surface area contributed by atoms with Gasteiger partial charge in [0, 0.05) is 54.3 Å². The Morgan fingerprint density at radius 3 is 1.70 bits per heavy atom. The van der Waals surface area contributed by atoms with Gasteiger partial charge in [0.1, 0.15) is 34.2 Å². The Labute approximate surface area is 389 Å². The van der Waals surface area contributed by atoms with Gasteiger partial charge in [-0.05, 0) is 108 Å². The number of rotatable bonds is 12. The van der Waals surface area contributed by atoms with Crippen LogP contribution in [0.1, 0.15) is 30.7 Å². The van der Waals surface area contributed by atoms with E-state index in [0.29, 0.717) is 73.5 Å². The van der Waals surface area contributed by atoms with Gasteiger partial charge in [-0.3, -0.25) is 9.59 Å². The number of piperidine rings is 1. The highest BCUT2D eigenvalue weighted by Gasteiger charge is 2.41. The maximum Gasteiger partial charge on any atom is 0.271 e. The summed E-state index contributed by atoms with van der Waals surface area (Å²) in [5.74, 6) is 0.0289. The first-order valence-corrected chi connectivity index (χ1v) is 22.3. The van der Waals surface area contributed by atoms with Crippen LogP contribution in [0.3, 0.4) is 0 Å². The number of hydrogen-bond acceptors (Lipinski definition) is 14. The zero-order valence-electron chi connectivity index (χ0n) is 35.3. The van der Waals surface area contributed by atoms with Gasteiger partial charge in [0.2, 0.25) is 24.1 Å². The molecule has 2 aromatic carbocycles. The van der Waals surface area contributed by atoms with Crippen LogP contribution in [0.5, 0.6) is 11.5 Å². The fraction of sp³-hybridized carbons (Fsp3) is 0.364. The van der Waals surface area contributed by atoms with Gasteiger partial charge in [-0.1, -0.05) is 46.4 Å². The largest absolute Gasteiger partial charge is 0.474 e. The highest BCUT2D eigenvalue weighted by molar-refractivity contribution is 6.36. The minimum atomic E-state index is -1.73. The molecule has 64 heavy (non-hydrogen) atoms. The Balaban J connectivity index is 1.03. The molecule has 3 aliphatic rings. The van der Waals surface area contributed by atoms with Gasteiger partial charge in [0.15, 0.2) is 0 Å². The Morgan fingerprint density at radius 2 is 1.23 bits per heavy atom. The highest BCUT2D eigenvalue weighted by Crippen LogP contribution is 2.34. The van der Waals surface area contributed by atoms with Gasteiger partial charge >= 0.3 is 0 Å². The van der Waals surface area contributed by atoms with E-state index in [2.05, 4.69) is 44.7 Å². The number of nitrogens with one attached hydrogen (secondary N) is 3. The molecule has 16 nitrogen and oxygen atoms in total. The molecule has 332 valence electrons. The zero-order valence-corrected chi connectivity index (χ0v) is 38.3. The standard InChI is InChI=1S/C44H44Cl4N12O4/c1-22-37-31(52-43(50-22)59-15-13-27(14-16-59)58(3)4)7-11-35(54-37)56-41(61)39(63-33-9-5-24(45)17-29(33)47)40(64-34-10-6-25(46)18-30(34)48)42(62)57-36-12-8-32-38(55-36)23(2)51-44(53-32)60-21-26-19-28(60)20-49-26/h5-12,17-18,26-28,39-40,49H,13-16,19-21H2,1-4H3,(H,54,56,61)(H,55,57,62). The van der Waals surface area contributed by atoms with Crippen LogP contribution in [-0.2, 0) is 9.59 Å². The molecule has 3 N–H and O–H groups in total. The Kier molecular flexibility index (Phi) is 12.5. The first kappa shape index (κ1) is 43.9. The zero-order chi connectivity index (χ0) is 44.8. The van der Waals surface area contributed by atoms with E-state index in [4.69, 9.17) is 85.8 Å². The quantitative estimate of drug-likeness (QED) is 0.113. The Hall–Kier alpha value is -5.36. The predicted molar refractivity (Wildman–Crippen MR) is 250 cm³/mol. The maximum absolute atomic E-state index is 14.6. The summed E-state index contributed by atoms with van der Waals surface area (Å²) in [7, 11) is 4.20. The Bertz CT molecular complexity index is 2780. The summed E-state index contributed by atoms with van der Waals surface area (Å²) in [4.78, 5) is 64.6. The number of fused-ring (bicyclic) bond motifs is 4. The number of carbonyl (C=O) groups is 2. The molecule has 4 unspecified atom stereocenters. The maximum atomic E-state index is 14.6. The van der Waals surface area contributed by atoms with E-state index in [1.165, 1.54) is 36.4 Å². The number of halogens is 4. The number of benzene rings is 2. The number of anilines is 4. The van der Waals surface area contributed by atoms with Crippen LogP contribution in [0, 0.1) is 13.8 Å². The summed E-state index contributed by atoms with van der Waals surface area (Å²) in [6, 6.07) is 17.0. The predicted octanol–water partition coefficient (Wildman–Crippen LogP) is 7.15. The van der Waals surface area contributed by atoms with Crippen molar-refractivity contribution in [1.82, 2.24) is 40.1 Å². The highest BCUT2D eigenvalue weighted by atomic mass is 35.5. The number of aryl methyl sites for hydroxylation is 2. The Morgan fingerprint density at radius 1 is 0.719 bits per heavy atom. The molecule has 3 saturated heterocycles. The van der Waals surface area contributed by atoms with Gasteiger partial charge in [0.25, 0.3) is 11.8 Å². The van der Waals surface area contributed by atoms with Crippen molar-refractivity contribution in [3.05, 3.63) is 92.1 Å². The van der Waals surface area contributed by atoms with Crippen molar-refractivity contribution in [3.8, 4) is 11.5 Å². The first-order chi connectivity index (χ1) is 30.8. The number of amides is 2. The molecule has 0 spiro atoms. The molecule has 9 rings (SSSR count). The van der Waals surface area contributed by atoms with Crippen molar-refractivity contribution in [3.63, 3.8) is 0 Å². The van der Waals surface area contributed by atoms with Crippen LogP contribution < -0.4 is 35.2 Å². The number of aromatic nitrogens is 6. The van der Waals surface area contributed by atoms with Crippen LogP contribution in [0.15, 0.2) is 60.7 Å². The van der Waals surface area contributed by atoms with Gasteiger partial charge in [0.05, 0.1) is 32.5 Å². The van der Waals surface area contributed by atoms with Crippen molar-refractivity contribution in [2.75, 3.05) is 60.7 Å². The van der Waals surface area contributed by atoms with Gasteiger partial charge in [-0.25, -0.2) is 29.9 Å². The molecule has 0 radical (unpaired) electrons. The third-order valence-electron chi connectivity index (χ3n) is 11.8. The SMILES string of the molecule is Cc1nc(N2CCC(N(C)C)CC2)nc2ccc(NC(=O)C(Oc3ccc(Cl)cc3Cl)C(Oc3ccc(Cl)cc3Cl)C(=O)Nc3ccc4nc(N5CC6CC5CN6)nc(C)c4n3)nc12. The van der Waals surface area contributed by atoms with Crippen molar-refractivity contribution in [2.45, 2.75) is 63.4 Å². The van der Waals surface area contributed by atoms with Crippen molar-refractivity contribution >= 4 is 104 Å². The first-order valence-electron chi connectivity index (χ1n) is 20.8. The third-order valence-corrected chi connectivity index (χ3v) is 12.9. The summed E-state index contributed by atoms with van der Waals surface area (Å²) in [5.41, 5.74) is 3.45. The molecule has 3 aliphatic heterocycles. The van der Waals surface area contributed by atoms with Crippen LogP contribution in [0.2, 0.25) is 20.1 Å². The molecule has 0 saturated carbocycles. The van der Waals surface area contributed by atoms with Crippen molar-refractivity contribution < 1.29 is 19.1 Å². The van der Waals surface area contributed by atoms with E-state index < -0.39 is 24.0 Å². The van der Waals surface area contributed by atoms with E-state index in [0.717, 1.165) is 45.4 Å². The van der Waals surface area contributed by atoms with Crippen molar-refractivity contribution in [2.24, 2.45) is 0 Å². The molecule has 4 atom stereocenters. The number of piperazine rings is 1. The number of nitrogens with zero attached hydrogens (tertiary/aromatic N) is 9. The topological polar surface area (TPSA) is 176 Å². The van der Waals surface area contributed by atoms with Gasteiger partial charge < -0.3 is 40.1 Å². The molecule has 0 aliphatic carbocycles. The number of pyridine rings is 2. The summed E-state index contributed by atoms with van der Waals surface area (Å²) in [6.45, 7) is 7.07. The minimum absolute atomic E-state index is 0.0436. The molecular formula is C44H44Cl4N12O4. The van der Waals surface area contributed by atoms with Crippen LogP contribution >= 0.6 is 46.4 Å². The fourth-order valence-electron chi connectivity index (χ4n) is 8.40. The van der Waals surface area contributed by atoms with Crippen LogP contribution in [-0.4, -0.2) is 117 Å². The average Bonchev–Trinajstić information content (AvgIpc) is 3.91. The summed E-state index contributed by atoms with van der Waals surface area (Å²) < 4.78 is 12.6. The molecule has 4 aromatic heterocycles. The third kappa shape index (κ3) is 9.26. The summed E-state index contributed by atoms with van der Waals surface area (Å²) in [6.07, 6.45) is -0.412. The second-order valence-electron chi connectivity index (χ2n) is 16.4. The van der Waals surface area contributed by atoms with Crippen LogP contribution in [0.4, 0.5) is 23.5 Å². The normalized spacial score (nSPS) is 18.5. The second kappa shape index (κ2) is 18.3. The van der Waals surface area contributed by atoms with Gasteiger partial charge in [-0.15, -0.1) is 0 Å². The second-order valence-corrected chi connectivity index (χ2v) is 18.1. The van der Waals surface area contributed by atoms with Gasteiger partial charge in [-0.2, -0.15) is 0 Å². The van der Waals surface area contributed by atoms with E-state index in [9.17, 15) is 9.59 Å². The molecule has 2 bridgehead atoms. The lowest BCUT2D eigenvalue weighted by molar-refractivity contribution is -0.136. The molecule has 3 fully saturated rings. The lowest BCUT2D eigenvalue weighted by Crippen LogP contribution is -2.51. The number of hydrogen-bond donors (Lipinski definition) is 3. The van der Waals surface area contributed by atoms with E-state index in [1.54, 1.807) is 24.3 Å². The monoisotopic (exact) mass is 944 g/mol. The smallest absolute Gasteiger partial charge is 0.271 e. The van der Waals surface area contributed by atoms with E-state index in [1.807, 2.05) is 13.8 Å². The fourth-order valence-corrected chi connectivity index (χ4v) is 9.31. The minimum Gasteiger partial charge on any atom is -0.474 e. The summed E-state index contributed by atoms with van der Waals surface area (Å²) in [5, 5.41) is 9.95. The van der Waals surface area contributed by atoms with E-state index >= 15 is 0 Å². The molecule has 6 aromatic rings. The average molecular weight is 947 g/mol. The number of carbonyl (C=O) groups excluding carboxylic acids is 2. The van der Waals surface area contributed by atoms with Crippen LogP contribution in [0.25, 0.3) is 22.1 Å². The van der Waals surface area contributed by atoms with E-state index in [-0.39, 0.29) is 33.2 Å². The summed E-state index contributed by atoms with van der Waals surface area (Å²) >= 11 is 25.6.